The molecule has 2 rings (SSSR count). The average molecular weight is 336 g/mol. The Hall–Kier alpha value is -2.68. The maximum Gasteiger partial charge on any atom is 0.281 e. The van der Waals surface area contributed by atoms with Crippen molar-refractivity contribution in [2.45, 2.75) is 18.9 Å². The molecule has 1 N–H and O–H groups in total. The number of benzene rings is 1. The molecular formula is C14H16N4O4S. The van der Waals surface area contributed by atoms with Gasteiger partial charge in [0.05, 0.1) is 6.33 Å². The summed E-state index contributed by atoms with van der Waals surface area (Å²) in [6.45, 7) is 2.33. The maximum absolute atomic E-state index is 12.6. The zero-order valence-electron chi connectivity index (χ0n) is 12.8. The summed E-state index contributed by atoms with van der Waals surface area (Å²) in [6.07, 6.45) is 1.23. The molecule has 0 unspecified atom stereocenters. The number of anilines is 2. The molecule has 2 amide bonds. The number of carbonyl (C=O) groups is 2. The molecule has 1 heterocycles. The van der Waals surface area contributed by atoms with E-state index in [9.17, 15) is 18.0 Å². The van der Waals surface area contributed by atoms with Crippen LogP contribution < -0.4 is 9.62 Å². The topological polar surface area (TPSA) is 101 Å². The Bertz CT molecular complexity index is 829. The van der Waals surface area contributed by atoms with Crippen LogP contribution in [0.1, 0.15) is 13.8 Å². The van der Waals surface area contributed by atoms with Crippen molar-refractivity contribution in [1.29, 1.82) is 0 Å². The van der Waals surface area contributed by atoms with Crippen LogP contribution in [0.25, 0.3) is 0 Å². The molecule has 0 aliphatic heterocycles. The Morgan fingerprint density at radius 2 is 1.70 bits per heavy atom. The van der Waals surface area contributed by atoms with E-state index in [1.165, 1.54) is 17.9 Å². The van der Waals surface area contributed by atoms with Crippen molar-refractivity contribution in [3.63, 3.8) is 0 Å². The highest BCUT2D eigenvalue weighted by Crippen LogP contribution is 2.25. The first-order valence-corrected chi connectivity index (χ1v) is 8.13. The average Bonchev–Trinajstić information content (AvgIpc) is 2.81. The molecule has 0 fully saturated rings. The number of nitrogens with zero attached hydrogens (tertiary/aromatic N) is 3. The monoisotopic (exact) mass is 336 g/mol. The lowest BCUT2D eigenvalue weighted by Crippen LogP contribution is -2.35. The van der Waals surface area contributed by atoms with E-state index in [2.05, 4.69) is 9.71 Å². The Morgan fingerprint density at radius 1 is 1.13 bits per heavy atom. The fourth-order valence-electron chi connectivity index (χ4n) is 2.10. The lowest BCUT2D eigenvalue weighted by molar-refractivity contribution is -0.124. The van der Waals surface area contributed by atoms with E-state index in [-0.39, 0.29) is 10.8 Å². The third-order valence-electron chi connectivity index (χ3n) is 2.99. The molecule has 122 valence electrons. The van der Waals surface area contributed by atoms with E-state index < -0.39 is 21.8 Å². The van der Waals surface area contributed by atoms with Gasteiger partial charge < -0.3 is 4.57 Å². The number of sulfonamides is 1. The van der Waals surface area contributed by atoms with Crippen molar-refractivity contribution in [3.8, 4) is 0 Å². The van der Waals surface area contributed by atoms with Crippen LogP contribution in [-0.4, -0.2) is 29.8 Å². The van der Waals surface area contributed by atoms with Crippen molar-refractivity contribution < 1.29 is 18.0 Å². The molecule has 0 atom stereocenters. The number of hydrogen-bond donors (Lipinski definition) is 1. The molecule has 1 aromatic carbocycles. The molecule has 23 heavy (non-hydrogen) atoms. The second kappa shape index (κ2) is 6.21. The van der Waals surface area contributed by atoms with Gasteiger partial charge in [-0.25, -0.2) is 9.88 Å². The van der Waals surface area contributed by atoms with Crippen molar-refractivity contribution >= 4 is 33.3 Å². The summed E-state index contributed by atoms with van der Waals surface area (Å²) in [5, 5.41) is -0.272. The van der Waals surface area contributed by atoms with Crippen molar-refractivity contribution in [2.75, 3.05) is 9.62 Å². The van der Waals surface area contributed by atoms with Crippen molar-refractivity contribution in [3.05, 3.63) is 36.7 Å². The standard InChI is InChI=1S/C14H16N4O4S/c1-10(19)18(11(2)20)13-14(17(3)9-15-13)23(21,22)16-12-7-5-4-6-8-12/h4-9,16H,1-3H3. The number of para-hydroxylation sites is 1. The summed E-state index contributed by atoms with van der Waals surface area (Å²) in [5.41, 5.74) is 0.358. The molecular weight excluding hydrogens is 320 g/mol. The van der Waals surface area contributed by atoms with Gasteiger partial charge in [-0.3, -0.25) is 14.3 Å². The van der Waals surface area contributed by atoms with Gasteiger partial charge in [0.25, 0.3) is 10.0 Å². The molecule has 2 aromatic rings. The molecule has 9 heteroatoms. The van der Waals surface area contributed by atoms with Gasteiger partial charge in [0, 0.05) is 26.6 Å². The normalized spacial score (nSPS) is 11.1. The molecule has 0 bridgehead atoms. The number of rotatable bonds is 4. The summed E-state index contributed by atoms with van der Waals surface area (Å²) < 4.78 is 28.9. The molecule has 0 saturated heterocycles. The first-order valence-electron chi connectivity index (χ1n) is 6.64. The number of imide groups is 1. The van der Waals surface area contributed by atoms with E-state index in [0.717, 1.165) is 18.7 Å². The largest absolute Gasteiger partial charge is 0.321 e. The van der Waals surface area contributed by atoms with E-state index in [1.807, 2.05) is 0 Å². The molecule has 0 spiro atoms. The molecule has 0 radical (unpaired) electrons. The number of imidazole rings is 1. The maximum atomic E-state index is 12.6. The molecule has 0 saturated carbocycles. The second-order valence-corrected chi connectivity index (χ2v) is 6.43. The van der Waals surface area contributed by atoms with Crippen LogP contribution >= 0.6 is 0 Å². The van der Waals surface area contributed by atoms with Gasteiger partial charge in [0.15, 0.2) is 5.82 Å². The number of carbonyl (C=O) groups excluding carboxylic acids is 2. The van der Waals surface area contributed by atoms with Gasteiger partial charge in [-0.1, -0.05) is 18.2 Å². The predicted molar refractivity (Wildman–Crippen MR) is 84.3 cm³/mol. The first kappa shape index (κ1) is 16.7. The number of amides is 2. The number of hydrogen-bond acceptors (Lipinski definition) is 5. The van der Waals surface area contributed by atoms with Gasteiger partial charge >= 0.3 is 0 Å². The summed E-state index contributed by atoms with van der Waals surface area (Å²) in [6, 6.07) is 8.28. The van der Waals surface area contributed by atoms with Gasteiger partial charge in [0.2, 0.25) is 16.8 Å². The van der Waals surface area contributed by atoms with Crippen LogP contribution in [0.3, 0.4) is 0 Å². The summed E-state index contributed by atoms with van der Waals surface area (Å²) >= 11 is 0. The van der Waals surface area contributed by atoms with E-state index in [0.29, 0.717) is 5.69 Å². The fraction of sp³-hybridized carbons (Fsp3) is 0.214. The molecule has 0 aliphatic carbocycles. The van der Waals surface area contributed by atoms with Gasteiger partial charge in [-0.15, -0.1) is 0 Å². The first-order chi connectivity index (χ1) is 10.7. The summed E-state index contributed by atoms with van der Waals surface area (Å²) in [7, 11) is -2.57. The minimum atomic E-state index is -4.04. The van der Waals surface area contributed by atoms with E-state index >= 15 is 0 Å². The van der Waals surface area contributed by atoms with Crippen LogP contribution in [0.5, 0.6) is 0 Å². The number of aryl methyl sites for hydroxylation is 1. The Morgan fingerprint density at radius 3 is 2.22 bits per heavy atom. The van der Waals surface area contributed by atoms with Crippen LogP contribution in [0, 0.1) is 0 Å². The lowest BCUT2D eigenvalue weighted by atomic mass is 10.3. The minimum Gasteiger partial charge on any atom is -0.321 e. The predicted octanol–water partition coefficient (Wildman–Crippen LogP) is 1.12. The van der Waals surface area contributed by atoms with Crippen LogP contribution in [0.2, 0.25) is 0 Å². The number of nitrogens with one attached hydrogen (secondary N) is 1. The highest BCUT2D eigenvalue weighted by molar-refractivity contribution is 7.92. The fourth-order valence-corrected chi connectivity index (χ4v) is 3.45. The zero-order valence-corrected chi connectivity index (χ0v) is 13.7. The third-order valence-corrected chi connectivity index (χ3v) is 4.47. The second-order valence-electron chi connectivity index (χ2n) is 4.83. The Kier molecular flexibility index (Phi) is 4.50. The smallest absolute Gasteiger partial charge is 0.281 e. The lowest BCUT2D eigenvalue weighted by Gasteiger charge is -2.17. The molecule has 0 aliphatic rings. The minimum absolute atomic E-state index is 0.226. The van der Waals surface area contributed by atoms with E-state index in [4.69, 9.17) is 0 Å². The van der Waals surface area contributed by atoms with Crippen molar-refractivity contribution in [1.82, 2.24) is 9.55 Å². The Labute approximate surface area is 133 Å². The molecule has 1 aromatic heterocycles. The summed E-state index contributed by atoms with van der Waals surface area (Å²) in [5.74, 6) is -1.46. The molecule has 8 nitrogen and oxygen atoms in total. The van der Waals surface area contributed by atoms with Gasteiger partial charge in [-0.2, -0.15) is 8.42 Å². The quantitative estimate of drug-likeness (QED) is 0.901. The highest BCUT2D eigenvalue weighted by Gasteiger charge is 2.31. The van der Waals surface area contributed by atoms with Crippen LogP contribution in [-0.2, 0) is 26.7 Å². The van der Waals surface area contributed by atoms with E-state index in [1.54, 1.807) is 30.3 Å². The van der Waals surface area contributed by atoms with Gasteiger partial charge in [0.1, 0.15) is 0 Å². The summed E-state index contributed by atoms with van der Waals surface area (Å²) in [4.78, 5) is 28.0. The number of aromatic nitrogens is 2. The highest BCUT2D eigenvalue weighted by atomic mass is 32.2. The SMILES string of the molecule is CC(=O)N(C(C)=O)c1ncn(C)c1S(=O)(=O)Nc1ccccc1. The van der Waals surface area contributed by atoms with Crippen LogP contribution in [0.4, 0.5) is 11.5 Å². The Balaban J connectivity index is 2.53. The zero-order chi connectivity index (χ0) is 17.2. The van der Waals surface area contributed by atoms with Crippen molar-refractivity contribution in [2.24, 2.45) is 7.05 Å². The van der Waals surface area contributed by atoms with Crippen LogP contribution in [0.15, 0.2) is 41.7 Å². The third kappa shape index (κ3) is 3.39. The van der Waals surface area contributed by atoms with Gasteiger partial charge in [-0.05, 0) is 12.1 Å².